The summed E-state index contributed by atoms with van der Waals surface area (Å²) in [5.41, 5.74) is 3.48. The Kier molecular flexibility index (Phi) is 6.27. The van der Waals surface area contributed by atoms with E-state index in [1.807, 2.05) is 24.4 Å². The van der Waals surface area contributed by atoms with Crippen LogP contribution in [0.25, 0.3) is 0 Å². The van der Waals surface area contributed by atoms with Crippen molar-refractivity contribution in [3.05, 3.63) is 47.8 Å². The number of rotatable bonds is 7. The van der Waals surface area contributed by atoms with Crippen molar-refractivity contribution in [1.29, 1.82) is 0 Å². The van der Waals surface area contributed by atoms with Gasteiger partial charge in [-0.15, -0.1) is 0 Å². The first-order valence-corrected chi connectivity index (χ1v) is 10.8. The van der Waals surface area contributed by atoms with Gasteiger partial charge < -0.3 is 15.1 Å². The molecule has 2 aliphatic rings. The SMILES string of the molecule is CN(CCCNC(=O)[C@@H]1CCc2nc(N3CCCC3)ncc2C1)c1ccccc1. The lowest BCUT2D eigenvalue weighted by molar-refractivity contribution is -0.125. The number of aromatic nitrogens is 2. The number of carbonyl (C=O) groups is 1. The van der Waals surface area contributed by atoms with Gasteiger partial charge in [0.05, 0.1) is 0 Å². The molecule has 0 radical (unpaired) electrons. The highest BCUT2D eigenvalue weighted by molar-refractivity contribution is 5.79. The van der Waals surface area contributed by atoms with Crippen LogP contribution in [0.3, 0.4) is 0 Å². The van der Waals surface area contributed by atoms with Gasteiger partial charge in [0.25, 0.3) is 0 Å². The van der Waals surface area contributed by atoms with Gasteiger partial charge in [-0.1, -0.05) is 18.2 Å². The number of nitrogens with zero attached hydrogens (tertiary/aromatic N) is 4. The van der Waals surface area contributed by atoms with Gasteiger partial charge in [0, 0.05) is 56.7 Å². The number of amides is 1. The van der Waals surface area contributed by atoms with Crippen LogP contribution in [-0.4, -0.2) is 49.1 Å². The number of benzene rings is 1. The van der Waals surface area contributed by atoms with Crippen LogP contribution in [-0.2, 0) is 17.6 Å². The van der Waals surface area contributed by atoms with Crippen LogP contribution in [0.1, 0.15) is 36.9 Å². The third-order valence-corrected chi connectivity index (χ3v) is 6.06. The minimum Gasteiger partial charge on any atom is -0.375 e. The molecule has 4 rings (SSSR count). The van der Waals surface area contributed by atoms with E-state index < -0.39 is 0 Å². The number of nitrogens with one attached hydrogen (secondary N) is 1. The molecule has 0 saturated carbocycles. The van der Waals surface area contributed by atoms with Crippen LogP contribution in [0.15, 0.2) is 36.5 Å². The molecule has 154 valence electrons. The molecular formula is C23H31N5O. The molecule has 1 aliphatic carbocycles. The van der Waals surface area contributed by atoms with E-state index in [4.69, 9.17) is 4.98 Å². The highest BCUT2D eigenvalue weighted by Gasteiger charge is 2.26. The molecule has 1 N–H and O–H groups in total. The van der Waals surface area contributed by atoms with E-state index in [0.717, 1.165) is 62.5 Å². The maximum absolute atomic E-state index is 12.6. The van der Waals surface area contributed by atoms with Crippen molar-refractivity contribution in [2.45, 2.75) is 38.5 Å². The van der Waals surface area contributed by atoms with Crippen molar-refractivity contribution in [2.24, 2.45) is 5.92 Å². The van der Waals surface area contributed by atoms with Gasteiger partial charge in [-0.25, -0.2) is 9.97 Å². The van der Waals surface area contributed by atoms with Crippen LogP contribution >= 0.6 is 0 Å². The maximum Gasteiger partial charge on any atom is 0.225 e. The maximum atomic E-state index is 12.6. The summed E-state index contributed by atoms with van der Waals surface area (Å²) in [5, 5.41) is 3.13. The van der Waals surface area contributed by atoms with E-state index in [9.17, 15) is 4.79 Å². The largest absolute Gasteiger partial charge is 0.375 e. The van der Waals surface area contributed by atoms with Gasteiger partial charge in [0.15, 0.2) is 0 Å². The van der Waals surface area contributed by atoms with Crippen molar-refractivity contribution in [2.75, 3.05) is 43.0 Å². The molecule has 0 unspecified atom stereocenters. The average molecular weight is 394 g/mol. The molecule has 1 amide bonds. The first kappa shape index (κ1) is 19.7. The Morgan fingerprint density at radius 3 is 2.83 bits per heavy atom. The second-order valence-corrected chi connectivity index (χ2v) is 8.18. The average Bonchev–Trinajstić information content (AvgIpc) is 3.31. The number of para-hydroxylation sites is 1. The fourth-order valence-electron chi connectivity index (χ4n) is 4.27. The summed E-state index contributed by atoms with van der Waals surface area (Å²) in [6, 6.07) is 10.3. The van der Waals surface area contributed by atoms with Crippen LogP contribution in [0, 0.1) is 5.92 Å². The van der Waals surface area contributed by atoms with Crippen molar-refractivity contribution < 1.29 is 4.79 Å². The molecule has 6 nitrogen and oxygen atoms in total. The molecule has 1 aromatic heterocycles. The smallest absolute Gasteiger partial charge is 0.225 e. The number of carbonyl (C=O) groups excluding carboxylic acids is 1. The standard InChI is InChI=1S/C23H31N5O/c1-27(20-8-3-2-4-9-20)13-7-12-24-22(29)18-10-11-21-19(16-18)17-25-23(26-21)28-14-5-6-15-28/h2-4,8-9,17-18H,5-7,10-16H2,1H3,(H,24,29)/t18-/m1/s1. The molecule has 2 aromatic rings. The third-order valence-electron chi connectivity index (χ3n) is 6.06. The van der Waals surface area contributed by atoms with E-state index in [0.29, 0.717) is 6.54 Å². The summed E-state index contributed by atoms with van der Waals surface area (Å²) >= 11 is 0. The molecule has 1 fully saturated rings. The zero-order valence-electron chi connectivity index (χ0n) is 17.3. The Bertz CT molecular complexity index is 819. The Morgan fingerprint density at radius 2 is 2.03 bits per heavy atom. The third kappa shape index (κ3) is 4.86. The van der Waals surface area contributed by atoms with Crippen molar-refractivity contribution >= 4 is 17.5 Å². The van der Waals surface area contributed by atoms with Crippen LogP contribution in [0.2, 0.25) is 0 Å². The predicted octanol–water partition coefficient (Wildman–Crippen LogP) is 2.82. The number of hydrogen-bond acceptors (Lipinski definition) is 5. The van der Waals surface area contributed by atoms with E-state index >= 15 is 0 Å². The first-order valence-electron chi connectivity index (χ1n) is 10.8. The van der Waals surface area contributed by atoms with E-state index in [1.54, 1.807) is 0 Å². The molecule has 0 bridgehead atoms. The van der Waals surface area contributed by atoms with Gasteiger partial charge in [-0.3, -0.25) is 4.79 Å². The highest BCUT2D eigenvalue weighted by atomic mass is 16.1. The molecule has 29 heavy (non-hydrogen) atoms. The summed E-state index contributed by atoms with van der Waals surface area (Å²) in [5.74, 6) is 1.07. The minimum absolute atomic E-state index is 0.0376. The molecule has 1 saturated heterocycles. The van der Waals surface area contributed by atoms with Gasteiger partial charge in [-0.05, 0) is 56.2 Å². The van der Waals surface area contributed by atoms with Crippen molar-refractivity contribution in [1.82, 2.24) is 15.3 Å². The van der Waals surface area contributed by atoms with E-state index in [-0.39, 0.29) is 11.8 Å². The van der Waals surface area contributed by atoms with Crippen LogP contribution < -0.4 is 15.1 Å². The van der Waals surface area contributed by atoms with Crippen molar-refractivity contribution in [3.63, 3.8) is 0 Å². The van der Waals surface area contributed by atoms with Gasteiger partial charge in [0.1, 0.15) is 0 Å². The Balaban J connectivity index is 1.23. The summed E-state index contributed by atoms with van der Waals surface area (Å²) in [6.45, 7) is 3.75. The number of hydrogen-bond donors (Lipinski definition) is 1. The number of anilines is 2. The summed E-state index contributed by atoms with van der Waals surface area (Å²) in [7, 11) is 2.09. The van der Waals surface area contributed by atoms with E-state index in [1.165, 1.54) is 18.5 Å². The van der Waals surface area contributed by atoms with Crippen molar-refractivity contribution in [3.8, 4) is 0 Å². The molecule has 1 aliphatic heterocycles. The first-order chi connectivity index (χ1) is 14.2. The fourth-order valence-corrected chi connectivity index (χ4v) is 4.27. The molecule has 6 heteroatoms. The van der Waals surface area contributed by atoms with Gasteiger partial charge in [-0.2, -0.15) is 0 Å². The second kappa shape index (κ2) is 9.25. The van der Waals surface area contributed by atoms with Gasteiger partial charge >= 0.3 is 0 Å². The molecule has 2 heterocycles. The molecule has 1 aromatic carbocycles. The molecular weight excluding hydrogens is 362 g/mol. The Morgan fingerprint density at radius 1 is 1.24 bits per heavy atom. The number of aryl methyl sites for hydroxylation is 1. The fraction of sp³-hybridized carbons (Fsp3) is 0.522. The zero-order valence-corrected chi connectivity index (χ0v) is 17.3. The second-order valence-electron chi connectivity index (χ2n) is 8.18. The quantitative estimate of drug-likeness (QED) is 0.733. The van der Waals surface area contributed by atoms with Crippen LogP contribution in [0.4, 0.5) is 11.6 Å². The molecule has 1 atom stereocenters. The van der Waals surface area contributed by atoms with Crippen LogP contribution in [0.5, 0.6) is 0 Å². The predicted molar refractivity (Wildman–Crippen MR) is 116 cm³/mol. The highest BCUT2D eigenvalue weighted by Crippen LogP contribution is 2.26. The van der Waals surface area contributed by atoms with E-state index in [2.05, 4.69) is 39.3 Å². The zero-order chi connectivity index (χ0) is 20.1. The van der Waals surface area contributed by atoms with Gasteiger partial charge in [0.2, 0.25) is 11.9 Å². The summed E-state index contributed by atoms with van der Waals surface area (Å²) in [4.78, 5) is 26.5. The normalized spacial score (nSPS) is 18.4. The Hall–Kier alpha value is -2.63. The Labute approximate surface area is 173 Å². The lowest BCUT2D eigenvalue weighted by Gasteiger charge is -2.25. The molecule has 0 spiro atoms. The lowest BCUT2D eigenvalue weighted by atomic mass is 9.86. The minimum atomic E-state index is 0.0376. The lowest BCUT2D eigenvalue weighted by Crippen LogP contribution is -2.36. The number of fused-ring (bicyclic) bond motifs is 1. The topological polar surface area (TPSA) is 61.4 Å². The summed E-state index contributed by atoms with van der Waals surface area (Å²) in [6.07, 6.45) is 7.83. The monoisotopic (exact) mass is 393 g/mol. The summed E-state index contributed by atoms with van der Waals surface area (Å²) < 4.78 is 0.